The van der Waals surface area contributed by atoms with E-state index >= 15 is 0 Å². The molecular weight excluding hydrogens is 460 g/mol. The van der Waals surface area contributed by atoms with Crippen LogP contribution in [0.5, 0.6) is 0 Å². The molecule has 0 N–H and O–H groups in total. The van der Waals surface area contributed by atoms with Crippen molar-refractivity contribution in [2.75, 3.05) is 12.4 Å². The van der Waals surface area contributed by atoms with Crippen LogP contribution in [0.25, 0.3) is 11.4 Å². The number of Topliss-reactive ketones (excluding diaryl/α,β-unsaturated/α-hetero) is 1. The maximum atomic E-state index is 13.3. The summed E-state index contributed by atoms with van der Waals surface area (Å²) in [6, 6.07) is 14.1. The van der Waals surface area contributed by atoms with Crippen LogP contribution >= 0.6 is 11.8 Å². The smallest absolute Gasteiger partial charge is 0.192 e. The minimum absolute atomic E-state index is 0.0944. The van der Waals surface area contributed by atoms with Crippen molar-refractivity contribution in [1.29, 1.82) is 0 Å². The third-order valence-corrected chi connectivity index (χ3v) is 7.58. The number of furan rings is 1. The molecule has 4 aromatic rings. The SMILES string of the molecule is Cc1occc1-c1nnc(SCC(=O)c2cc(C)n(CC3CCCO3)c2C)n1Cc1ccccc1. The minimum Gasteiger partial charge on any atom is -0.469 e. The van der Waals surface area contributed by atoms with E-state index in [1.165, 1.54) is 11.8 Å². The van der Waals surface area contributed by atoms with Gasteiger partial charge >= 0.3 is 0 Å². The lowest BCUT2D eigenvalue weighted by atomic mass is 10.2. The zero-order valence-corrected chi connectivity index (χ0v) is 21.2. The van der Waals surface area contributed by atoms with Gasteiger partial charge in [0.05, 0.1) is 30.2 Å². The molecule has 7 nitrogen and oxygen atoms in total. The summed E-state index contributed by atoms with van der Waals surface area (Å²) in [5.74, 6) is 1.92. The van der Waals surface area contributed by atoms with Gasteiger partial charge in [0, 0.05) is 30.1 Å². The summed E-state index contributed by atoms with van der Waals surface area (Å²) in [5.41, 5.74) is 4.92. The maximum Gasteiger partial charge on any atom is 0.192 e. The van der Waals surface area contributed by atoms with Gasteiger partial charge in [0.25, 0.3) is 0 Å². The van der Waals surface area contributed by atoms with Crippen LogP contribution in [-0.4, -0.2) is 43.6 Å². The number of thioether (sulfide) groups is 1. The molecule has 1 saturated heterocycles. The summed E-state index contributed by atoms with van der Waals surface area (Å²) < 4.78 is 15.6. The Morgan fingerprint density at radius 2 is 1.94 bits per heavy atom. The first-order valence-electron chi connectivity index (χ1n) is 12.0. The Morgan fingerprint density at radius 1 is 1.11 bits per heavy atom. The Hall–Kier alpha value is -3.10. The first kappa shape index (κ1) is 23.6. The van der Waals surface area contributed by atoms with Crippen LogP contribution in [-0.2, 0) is 17.8 Å². The Balaban J connectivity index is 1.36. The van der Waals surface area contributed by atoms with Gasteiger partial charge in [-0.1, -0.05) is 42.1 Å². The number of hydrogen-bond acceptors (Lipinski definition) is 6. The van der Waals surface area contributed by atoms with Crippen molar-refractivity contribution in [1.82, 2.24) is 19.3 Å². The van der Waals surface area contributed by atoms with Crippen molar-refractivity contribution in [2.24, 2.45) is 0 Å². The molecule has 1 atom stereocenters. The lowest BCUT2D eigenvalue weighted by Crippen LogP contribution is -2.17. The van der Waals surface area contributed by atoms with E-state index in [1.54, 1.807) is 6.26 Å². The molecule has 3 aromatic heterocycles. The van der Waals surface area contributed by atoms with Crippen molar-refractivity contribution < 1.29 is 13.9 Å². The van der Waals surface area contributed by atoms with Crippen molar-refractivity contribution in [2.45, 2.75) is 58.0 Å². The number of carbonyl (C=O) groups excluding carboxylic acids is 1. The molecule has 5 rings (SSSR count). The number of ketones is 1. The fourth-order valence-corrected chi connectivity index (χ4v) is 5.51. The summed E-state index contributed by atoms with van der Waals surface area (Å²) in [5, 5.41) is 9.63. The van der Waals surface area contributed by atoms with Gasteiger partial charge in [-0.05, 0) is 51.3 Å². The molecule has 0 saturated carbocycles. The normalized spacial score (nSPS) is 15.7. The fourth-order valence-electron chi connectivity index (χ4n) is 4.68. The van der Waals surface area contributed by atoms with E-state index < -0.39 is 0 Å². The molecule has 1 fully saturated rings. The number of hydrogen-bond donors (Lipinski definition) is 0. The molecule has 1 aromatic carbocycles. The lowest BCUT2D eigenvalue weighted by Gasteiger charge is -2.14. The highest BCUT2D eigenvalue weighted by molar-refractivity contribution is 7.99. The van der Waals surface area contributed by atoms with E-state index in [9.17, 15) is 4.79 Å². The number of nitrogens with zero attached hydrogens (tertiary/aromatic N) is 4. The van der Waals surface area contributed by atoms with Crippen LogP contribution in [0.4, 0.5) is 0 Å². The van der Waals surface area contributed by atoms with E-state index in [0.29, 0.717) is 17.5 Å². The summed E-state index contributed by atoms with van der Waals surface area (Å²) in [6.45, 7) is 8.24. The van der Waals surface area contributed by atoms with Gasteiger partial charge in [-0.25, -0.2) is 0 Å². The van der Waals surface area contributed by atoms with Crippen LogP contribution in [0, 0.1) is 20.8 Å². The van der Waals surface area contributed by atoms with Gasteiger partial charge < -0.3 is 13.7 Å². The predicted molar refractivity (Wildman–Crippen MR) is 136 cm³/mol. The molecule has 35 heavy (non-hydrogen) atoms. The molecule has 0 aliphatic carbocycles. The molecular formula is C27H30N4O3S. The average molecular weight is 491 g/mol. The number of aryl methyl sites for hydroxylation is 2. The Kier molecular flexibility index (Phi) is 6.92. The number of carbonyl (C=O) groups is 1. The van der Waals surface area contributed by atoms with Crippen LogP contribution in [0.1, 0.15) is 45.9 Å². The number of rotatable bonds is 9. The van der Waals surface area contributed by atoms with E-state index in [2.05, 4.69) is 38.4 Å². The van der Waals surface area contributed by atoms with E-state index in [0.717, 1.165) is 65.7 Å². The van der Waals surface area contributed by atoms with Gasteiger partial charge in [0.2, 0.25) is 0 Å². The summed E-state index contributed by atoms with van der Waals surface area (Å²) >= 11 is 1.43. The zero-order valence-electron chi connectivity index (χ0n) is 20.4. The quantitative estimate of drug-likeness (QED) is 0.229. The van der Waals surface area contributed by atoms with Crippen LogP contribution in [0.3, 0.4) is 0 Å². The summed E-state index contributed by atoms with van der Waals surface area (Å²) in [4.78, 5) is 13.3. The molecule has 1 aliphatic rings. The molecule has 0 radical (unpaired) electrons. The lowest BCUT2D eigenvalue weighted by molar-refractivity contribution is 0.0957. The van der Waals surface area contributed by atoms with Gasteiger partial charge in [0.1, 0.15) is 5.76 Å². The highest BCUT2D eigenvalue weighted by Gasteiger charge is 2.23. The van der Waals surface area contributed by atoms with Gasteiger partial charge in [0.15, 0.2) is 16.8 Å². The van der Waals surface area contributed by atoms with Crippen molar-refractivity contribution in [3.8, 4) is 11.4 Å². The van der Waals surface area contributed by atoms with Crippen molar-refractivity contribution >= 4 is 17.5 Å². The maximum absolute atomic E-state index is 13.3. The van der Waals surface area contributed by atoms with Gasteiger partial charge in [-0.2, -0.15) is 0 Å². The van der Waals surface area contributed by atoms with E-state index in [-0.39, 0.29) is 11.9 Å². The van der Waals surface area contributed by atoms with Crippen LogP contribution < -0.4 is 0 Å². The Labute approximate surface area is 209 Å². The second-order valence-corrected chi connectivity index (χ2v) is 9.95. The topological polar surface area (TPSA) is 75.1 Å². The molecule has 4 heterocycles. The standard InChI is InChI=1S/C27H30N4O3S/c1-18-14-24(19(2)30(18)16-22-10-7-12-34-22)25(32)17-35-27-29-28-26(23-11-13-33-20(23)3)31(27)15-21-8-5-4-6-9-21/h4-6,8-9,11,13-14,22H,7,10,12,15-17H2,1-3H3. The van der Waals surface area contributed by atoms with Gasteiger partial charge in [-0.3, -0.25) is 9.36 Å². The highest BCUT2D eigenvalue weighted by atomic mass is 32.2. The molecule has 8 heteroatoms. The third kappa shape index (κ3) is 4.99. The molecule has 1 aliphatic heterocycles. The first-order valence-corrected chi connectivity index (χ1v) is 13.0. The second kappa shape index (κ2) is 10.3. The Morgan fingerprint density at radius 3 is 2.66 bits per heavy atom. The monoisotopic (exact) mass is 490 g/mol. The molecule has 0 spiro atoms. The highest BCUT2D eigenvalue weighted by Crippen LogP contribution is 2.29. The molecule has 182 valence electrons. The minimum atomic E-state index is 0.0944. The zero-order chi connectivity index (χ0) is 24.4. The second-order valence-electron chi connectivity index (χ2n) is 9.01. The third-order valence-electron chi connectivity index (χ3n) is 6.62. The van der Waals surface area contributed by atoms with Gasteiger partial charge in [-0.15, -0.1) is 10.2 Å². The van der Waals surface area contributed by atoms with Crippen molar-refractivity contribution in [3.63, 3.8) is 0 Å². The van der Waals surface area contributed by atoms with Crippen LogP contribution in [0.2, 0.25) is 0 Å². The number of aromatic nitrogens is 4. The molecule has 0 bridgehead atoms. The van der Waals surface area contributed by atoms with Crippen LogP contribution in [0.15, 0.2) is 58.3 Å². The molecule has 0 amide bonds. The average Bonchev–Trinajstić information content (AvgIpc) is 3.65. The van der Waals surface area contributed by atoms with Crippen molar-refractivity contribution in [3.05, 3.63) is 77.0 Å². The van der Waals surface area contributed by atoms with E-state index in [4.69, 9.17) is 9.15 Å². The summed E-state index contributed by atoms with van der Waals surface area (Å²) in [7, 11) is 0. The fraction of sp³-hybridized carbons (Fsp3) is 0.370. The number of ether oxygens (including phenoxy) is 1. The predicted octanol–water partition coefficient (Wildman–Crippen LogP) is 5.47. The first-order chi connectivity index (χ1) is 17.0. The molecule has 1 unspecified atom stereocenters. The largest absolute Gasteiger partial charge is 0.469 e. The number of benzene rings is 1. The van der Waals surface area contributed by atoms with E-state index in [1.807, 2.05) is 44.2 Å². The Bertz CT molecular complexity index is 1320. The summed E-state index contributed by atoms with van der Waals surface area (Å²) in [6.07, 6.45) is 4.08.